The Balaban J connectivity index is 2.06. The summed E-state index contributed by atoms with van der Waals surface area (Å²) >= 11 is 0. The molecule has 2 heterocycles. The molecule has 1 saturated heterocycles. The number of aromatic nitrogens is 2. The van der Waals surface area contributed by atoms with Crippen molar-refractivity contribution in [2.24, 2.45) is 12.8 Å². The number of nitrogens with two attached hydrogens (primary N) is 1. The quantitative estimate of drug-likeness (QED) is 0.839. The SMILES string of the molecule is Cn1nccc1C(=O)N1CCCC1CCCN. The summed E-state index contributed by atoms with van der Waals surface area (Å²) in [6, 6.07) is 2.14. The highest BCUT2D eigenvalue weighted by molar-refractivity contribution is 5.92. The zero-order valence-electron chi connectivity index (χ0n) is 10.3. The Hall–Kier alpha value is -1.36. The molecular weight excluding hydrogens is 216 g/mol. The van der Waals surface area contributed by atoms with Crippen LogP contribution in [-0.2, 0) is 7.05 Å². The predicted octanol–water partition coefficient (Wildman–Crippen LogP) is 0.764. The molecule has 1 atom stereocenters. The van der Waals surface area contributed by atoms with Gasteiger partial charge in [0.05, 0.1) is 0 Å². The highest BCUT2D eigenvalue weighted by Gasteiger charge is 2.29. The van der Waals surface area contributed by atoms with E-state index >= 15 is 0 Å². The van der Waals surface area contributed by atoms with E-state index in [1.165, 1.54) is 0 Å². The first-order chi connectivity index (χ1) is 8.24. The molecule has 5 heteroatoms. The number of nitrogens with zero attached hydrogens (tertiary/aromatic N) is 3. The van der Waals surface area contributed by atoms with E-state index in [1.54, 1.807) is 24.0 Å². The van der Waals surface area contributed by atoms with Gasteiger partial charge in [-0.15, -0.1) is 0 Å². The van der Waals surface area contributed by atoms with Gasteiger partial charge in [-0.3, -0.25) is 9.48 Å². The van der Waals surface area contributed by atoms with Crippen LogP contribution >= 0.6 is 0 Å². The third kappa shape index (κ3) is 2.49. The average Bonchev–Trinajstić information content (AvgIpc) is 2.94. The summed E-state index contributed by atoms with van der Waals surface area (Å²) in [5.41, 5.74) is 6.20. The summed E-state index contributed by atoms with van der Waals surface area (Å²) < 4.78 is 1.64. The molecule has 2 rings (SSSR count). The average molecular weight is 236 g/mol. The van der Waals surface area contributed by atoms with Crippen molar-refractivity contribution in [1.29, 1.82) is 0 Å². The molecule has 94 valence electrons. The van der Waals surface area contributed by atoms with Crippen molar-refractivity contribution >= 4 is 5.91 Å². The Morgan fingerprint density at radius 2 is 2.47 bits per heavy atom. The number of aryl methyl sites for hydroxylation is 1. The van der Waals surface area contributed by atoms with Gasteiger partial charge < -0.3 is 10.6 Å². The summed E-state index contributed by atoms with van der Waals surface area (Å²) in [6.45, 7) is 1.56. The molecule has 0 aliphatic carbocycles. The van der Waals surface area contributed by atoms with E-state index in [0.717, 1.165) is 32.2 Å². The van der Waals surface area contributed by atoms with Gasteiger partial charge in [0.15, 0.2) is 0 Å². The molecule has 17 heavy (non-hydrogen) atoms. The van der Waals surface area contributed by atoms with E-state index < -0.39 is 0 Å². The maximum atomic E-state index is 12.3. The molecule has 1 aliphatic heterocycles. The summed E-state index contributed by atoms with van der Waals surface area (Å²) in [6.07, 6.45) is 5.86. The number of likely N-dealkylation sites (tertiary alicyclic amines) is 1. The van der Waals surface area contributed by atoms with Gasteiger partial charge in [-0.05, 0) is 38.3 Å². The molecule has 0 radical (unpaired) electrons. The fraction of sp³-hybridized carbons (Fsp3) is 0.667. The minimum absolute atomic E-state index is 0.101. The van der Waals surface area contributed by atoms with E-state index in [4.69, 9.17) is 5.73 Å². The third-order valence-corrected chi connectivity index (χ3v) is 3.42. The Labute approximate surface area is 102 Å². The Morgan fingerprint density at radius 1 is 1.65 bits per heavy atom. The van der Waals surface area contributed by atoms with Gasteiger partial charge in [0.2, 0.25) is 0 Å². The van der Waals surface area contributed by atoms with E-state index in [0.29, 0.717) is 18.3 Å². The molecular formula is C12H20N4O. The van der Waals surface area contributed by atoms with Crippen LogP contribution in [0.2, 0.25) is 0 Å². The van der Waals surface area contributed by atoms with Crippen molar-refractivity contribution in [3.63, 3.8) is 0 Å². The first-order valence-corrected chi connectivity index (χ1v) is 6.23. The van der Waals surface area contributed by atoms with Crippen LogP contribution in [-0.4, -0.2) is 39.7 Å². The number of amides is 1. The molecule has 0 saturated carbocycles. The molecule has 1 aromatic heterocycles. The molecule has 1 aliphatic rings. The zero-order valence-corrected chi connectivity index (χ0v) is 10.3. The van der Waals surface area contributed by atoms with Gasteiger partial charge >= 0.3 is 0 Å². The second-order valence-electron chi connectivity index (χ2n) is 4.57. The zero-order chi connectivity index (χ0) is 12.3. The van der Waals surface area contributed by atoms with Gasteiger partial charge in [-0.1, -0.05) is 0 Å². The van der Waals surface area contributed by atoms with E-state index in [-0.39, 0.29) is 5.91 Å². The number of hydrogen-bond donors (Lipinski definition) is 1. The van der Waals surface area contributed by atoms with Crippen LogP contribution in [0.15, 0.2) is 12.3 Å². The van der Waals surface area contributed by atoms with Gasteiger partial charge in [0.25, 0.3) is 5.91 Å². The third-order valence-electron chi connectivity index (χ3n) is 3.42. The summed E-state index contributed by atoms with van der Waals surface area (Å²) in [5, 5.41) is 4.05. The summed E-state index contributed by atoms with van der Waals surface area (Å²) in [5.74, 6) is 0.101. The first-order valence-electron chi connectivity index (χ1n) is 6.23. The molecule has 1 aromatic rings. The minimum Gasteiger partial charge on any atom is -0.334 e. The second-order valence-corrected chi connectivity index (χ2v) is 4.57. The maximum absolute atomic E-state index is 12.3. The van der Waals surface area contributed by atoms with Crippen LogP contribution in [0.25, 0.3) is 0 Å². The summed E-state index contributed by atoms with van der Waals surface area (Å²) in [4.78, 5) is 14.3. The fourth-order valence-corrected chi connectivity index (χ4v) is 2.49. The van der Waals surface area contributed by atoms with Crippen molar-refractivity contribution in [3.8, 4) is 0 Å². The molecule has 0 bridgehead atoms. The fourth-order valence-electron chi connectivity index (χ4n) is 2.49. The van der Waals surface area contributed by atoms with Crippen LogP contribution in [0.1, 0.15) is 36.2 Å². The van der Waals surface area contributed by atoms with E-state index in [1.807, 2.05) is 4.90 Å². The minimum atomic E-state index is 0.101. The number of carbonyl (C=O) groups is 1. The largest absolute Gasteiger partial charge is 0.334 e. The van der Waals surface area contributed by atoms with Crippen molar-refractivity contribution < 1.29 is 4.79 Å². The number of rotatable bonds is 4. The predicted molar refractivity (Wildman–Crippen MR) is 65.6 cm³/mol. The maximum Gasteiger partial charge on any atom is 0.272 e. The summed E-state index contributed by atoms with van der Waals surface area (Å²) in [7, 11) is 1.80. The van der Waals surface area contributed by atoms with Crippen molar-refractivity contribution in [2.75, 3.05) is 13.1 Å². The highest BCUT2D eigenvalue weighted by Crippen LogP contribution is 2.23. The van der Waals surface area contributed by atoms with Gasteiger partial charge in [0, 0.05) is 25.8 Å². The van der Waals surface area contributed by atoms with Crippen molar-refractivity contribution in [1.82, 2.24) is 14.7 Å². The first kappa shape index (κ1) is 12.1. The van der Waals surface area contributed by atoms with Crippen LogP contribution in [0, 0.1) is 0 Å². The lowest BCUT2D eigenvalue weighted by Crippen LogP contribution is -2.36. The van der Waals surface area contributed by atoms with E-state index in [2.05, 4.69) is 5.10 Å². The monoisotopic (exact) mass is 236 g/mol. The Kier molecular flexibility index (Phi) is 3.78. The molecule has 5 nitrogen and oxygen atoms in total. The second kappa shape index (κ2) is 5.31. The van der Waals surface area contributed by atoms with Gasteiger partial charge in [-0.25, -0.2) is 0 Å². The van der Waals surface area contributed by atoms with Gasteiger partial charge in [-0.2, -0.15) is 5.10 Å². The van der Waals surface area contributed by atoms with Crippen LogP contribution in [0.4, 0.5) is 0 Å². The topological polar surface area (TPSA) is 64.2 Å². The standard InChI is InChI=1S/C12H20N4O/c1-15-11(6-8-14-15)12(17)16-9-3-5-10(16)4-2-7-13/h6,8,10H,2-5,7,9,13H2,1H3. The smallest absolute Gasteiger partial charge is 0.272 e. The molecule has 1 fully saturated rings. The number of carbonyl (C=O) groups excluding carboxylic acids is 1. The van der Waals surface area contributed by atoms with Crippen molar-refractivity contribution in [3.05, 3.63) is 18.0 Å². The molecule has 2 N–H and O–H groups in total. The lowest BCUT2D eigenvalue weighted by molar-refractivity contribution is 0.0718. The molecule has 1 unspecified atom stereocenters. The highest BCUT2D eigenvalue weighted by atomic mass is 16.2. The number of hydrogen-bond acceptors (Lipinski definition) is 3. The van der Waals surface area contributed by atoms with Gasteiger partial charge in [0.1, 0.15) is 5.69 Å². The lowest BCUT2D eigenvalue weighted by atomic mass is 10.1. The lowest BCUT2D eigenvalue weighted by Gasteiger charge is -2.24. The Morgan fingerprint density at radius 3 is 3.12 bits per heavy atom. The normalized spacial score (nSPS) is 19.9. The molecule has 1 amide bonds. The van der Waals surface area contributed by atoms with E-state index in [9.17, 15) is 4.79 Å². The molecule has 0 aromatic carbocycles. The molecule has 0 spiro atoms. The van der Waals surface area contributed by atoms with Crippen molar-refractivity contribution in [2.45, 2.75) is 31.7 Å². The Bertz CT molecular complexity index is 388. The van der Waals surface area contributed by atoms with Crippen LogP contribution in [0.3, 0.4) is 0 Å². The van der Waals surface area contributed by atoms with Crippen LogP contribution in [0.5, 0.6) is 0 Å². The van der Waals surface area contributed by atoms with Crippen LogP contribution < -0.4 is 5.73 Å².